The van der Waals surface area contributed by atoms with Gasteiger partial charge < -0.3 is 37.0 Å². The number of carbonyl (C=O) groups is 5. The Kier molecular flexibility index (Phi) is 11.7. The minimum Gasteiger partial charge on any atom is -0.508 e. The lowest BCUT2D eigenvalue weighted by Gasteiger charge is -2.21. The summed E-state index contributed by atoms with van der Waals surface area (Å²) in [6.45, 7) is -0.470. The molecule has 0 aliphatic rings. The number of benzene rings is 1. The molecule has 13 heteroatoms. The molecule has 0 radical (unpaired) electrons. The van der Waals surface area contributed by atoms with Gasteiger partial charge in [-0.3, -0.25) is 19.2 Å². The molecule has 1 rings (SSSR count). The number of rotatable bonds is 14. The summed E-state index contributed by atoms with van der Waals surface area (Å²) in [6, 6.07) is 1.96. The van der Waals surface area contributed by atoms with Crippen LogP contribution < -0.4 is 21.7 Å². The molecule has 0 fully saturated rings. The van der Waals surface area contributed by atoms with Gasteiger partial charge in [-0.1, -0.05) is 12.1 Å². The van der Waals surface area contributed by atoms with Crippen LogP contribution >= 0.6 is 11.8 Å². The summed E-state index contributed by atoms with van der Waals surface area (Å²) in [4.78, 5) is 59.1. The summed E-state index contributed by atoms with van der Waals surface area (Å²) in [5, 5.41) is 34.3. The Hall–Kier alpha value is -3.32. The van der Waals surface area contributed by atoms with Crippen LogP contribution in [0.15, 0.2) is 24.3 Å². The van der Waals surface area contributed by atoms with Crippen LogP contribution in [0.4, 0.5) is 0 Å². The van der Waals surface area contributed by atoms with Gasteiger partial charge >= 0.3 is 11.9 Å². The first-order valence-electron chi connectivity index (χ1n) is 9.88. The maximum absolute atomic E-state index is 12.7. The molecular weight excluding hydrogens is 456 g/mol. The summed E-state index contributed by atoms with van der Waals surface area (Å²) in [7, 11) is 0. The third kappa shape index (κ3) is 10.7. The summed E-state index contributed by atoms with van der Waals surface area (Å²) >= 11 is 1.52. The average Bonchev–Trinajstić information content (AvgIpc) is 2.75. The monoisotopic (exact) mass is 484 g/mol. The normalized spacial score (nSPS) is 13.3. The fraction of sp³-hybridized carbons (Fsp3) is 0.450. The van der Waals surface area contributed by atoms with Gasteiger partial charge in [0.15, 0.2) is 0 Å². The van der Waals surface area contributed by atoms with Gasteiger partial charge in [0.05, 0.1) is 19.0 Å². The third-order valence-corrected chi connectivity index (χ3v) is 5.06. The molecule has 0 aliphatic heterocycles. The Morgan fingerprint density at radius 3 is 2.18 bits per heavy atom. The maximum Gasteiger partial charge on any atom is 0.326 e. The van der Waals surface area contributed by atoms with E-state index in [0.717, 1.165) is 0 Å². The van der Waals surface area contributed by atoms with Crippen molar-refractivity contribution in [3.63, 3.8) is 0 Å². The molecule has 3 unspecified atom stereocenters. The highest BCUT2D eigenvalue weighted by Gasteiger charge is 2.28. The number of phenols is 1. The molecule has 3 atom stereocenters. The van der Waals surface area contributed by atoms with Gasteiger partial charge in [0.2, 0.25) is 17.7 Å². The molecule has 1 aromatic rings. The van der Waals surface area contributed by atoms with Crippen molar-refractivity contribution in [1.29, 1.82) is 0 Å². The second kappa shape index (κ2) is 14.0. The zero-order chi connectivity index (χ0) is 25.0. The molecule has 0 saturated carbocycles. The van der Waals surface area contributed by atoms with Gasteiger partial charge in [0.1, 0.15) is 17.8 Å². The van der Waals surface area contributed by atoms with Crippen LogP contribution in [0, 0.1) is 0 Å². The largest absolute Gasteiger partial charge is 0.508 e. The van der Waals surface area contributed by atoms with Crippen molar-refractivity contribution in [1.82, 2.24) is 16.0 Å². The van der Waals surface area contributed by atoms with Gasteiger partial charge in [-0.15, -0.1) is 0 Å². The van der Waals surface area contributed by atoms with Crippen molar-refractivity contribution in [2.45, 2.75) is 37.4 Å². The lowest BCUT2D eigenvalue weighted by Crippen LogP contribution is -2.54. The van der Waals surface area contributed by atoms with Crippen molar-refractivity contribution in [2.24, 2.45) is 5.73 Å². The summed E-state index contributed by atoms with van der Waals surface area (Å²) < 4.78 is 0. The molecular formula is C20H28N4O8S. The number of carbonyl (C=O) groups excluding carboxylic acids is 3. The second-order valence-corrected chi connectivity index (χ2v) is 8.08. The summed E-state index contributed by atoms with van der Waals surface area (Å²) in [6.07, 6.45) is 1.34. The Bertz CT molecular complexity index is 849. The van der Waals surface area contributed by atoms with Crippen LogP contribution in [-0.4, -0.2) is 81.7 Å². The number of amides is 3. The molecule has 1 aromatic carbocycles. The molecule has 0 aromatic heterocycles. The van der Waals surface area contributed by atoms with Crippen LogP contribution in [0.1, 0.15) is 18.4 Å². The molecule has 12 nitrogen and oxygen atoms in total. The van der Waals surface area contributed by atoms with Gasteiger partial charge in [-0.05, 0) is 36.1 Å². The minimum atomic E-state index is -1.71. The van der Waals surface area contributed by atoms with E-state index in [2.05, 4.69) is 16.0 Å². The topological polar surface area (TPSA) is 208 Å². The number of carboxylic acids is 2. The second-order valence-electron chi connectivity index (χ2n) is 7.09. The number of carboxylic acid groups (broad SMARTS) is 2. The number of hydrogen-bond acceptors (Lipinski definition) is 8. The molecule has 182 valence electrons. The quantitative estimate of drug-likeness (QED) is 0.165. The van der Waals surface area contributed by atoms with E-state index >= 15 is 0 Å². The molecule has 0 saturated heterocycles. The van der Waals surface area contributed by atoms with E-state index in [0.29, 0.717) is 17.7 Å². The van der Waals surface area contributed by atoms with Crippen LogP contribution in [-0.2, 0) is 30.4 Å². The number of nitrogens with one attached hydrogen (secondary N) is 3. The fourth-order valence-corrected chi connectivity index (χ4v) is 3.13. The Labute approximate surface area is 194 Å². The summed E-state index contributed by atoms with van der Waals surface area (Å²) in [5.41, 5.74) is 6.26. The van der Waals surface area contributed by atoms with E-state index in [1.165, 1.54) is 36.0 Å². The Balaban J connectivity index is 2.86. The van der Waals surface area contributed by atoms with Crippen LogP contribution in [0.5, 0.6) is 5.75 Å². The Morgan fingerprint density at radius 2 is 1.64 bits per heavy atom. The fourth-order valence-electron chi connectivity index (χ4n) is 2.64. The number of aromatic hydroxyl groups is 1. The lowest BCUT2D eigenvalue weighted by molar-refractivity contribution is -0.147. The minimum absolute atomic E-state index is 0.0169. The van der Waals surface area contributed by atoms with E-state index in [9.17, 15) is 29.1 Å². The molecule has 3 amide bonds. The van der Waals surface area contributed by atoms with Crippen molar-refractivity contribution < 1.29 is 39.3 Å². The summed E-state index contributed by atoms with van der Waals surface area (Å²) in [5.74, 6) is -4.52. The van der Waals surface area contributed by atoms with E-state index in [1.807, 2.05) is 6.26 Å². The average molecular weight is 485 g/mol. The van der Waals surface area contributed by atoms with Crippen LogP contribution in [0.25, 0.3) is 0 Å². The lowest BCUT2D eigenvalue weighted by atomic mass is 10.0. The first-order chi connectivity index (χ1) is 15.5. The van der Waals surface area contributed by atoms with E-state index < -0.39 is 60.8 Å². The number of nitrogens with two attached hydrogens (primary N) is 1. The molecule has 0 heterocycles. The Morgan fingerprint density at radius 1 is 1.00 bits per heavy atom. The number of aliphatic carboxylic acids is 2. The molecule has 0 spiro atoms. The molecule has 0 bridgehead atoms. The first-order valence-corrected chi connectivity index (χ1v) is 11.3. The molecule has 8 N–H and O–H groups in total. The smallest absolute Gasteiger partial charge is 0.326 e. The SMILES string of the molecule is CSCCC(N)C(=O)NCC(=O)NC(Cc1ccc(O)cc1)C(=O)NC(CC(=O)O)C(=O)O. The van der Waals surface area contributed by atoms with Gasteiger partial charge in [0, 0.05) is 6.42 Å². The van der Waals surface area contributed by atoms with E-state index in [1.54, 1.807) is 0 Å². The predicted octanol–water partition coefficient (Wildman–Crippen LogP) is -1.34. The van der Waals surface area contributed by atoms with Crippen LogP contribution in [0.2, 0.25) is 0 Å². The number of hydrogen-bond donors (Lipinski definition) is 7. The van der Waals surface area contributed by atoms with Gasteiger partial charge in [-0.25, -0.2) is 4.79 Å². The maximum atomic E-state index is 12.7. The zero-order valence-corrected chi connectivity index (χ0v) is 18.8. The number of phenolic OH excluding ortho intramolecular Hbond substituents is 1. The van der Waals surface area contributed by atoms with Crippen molar-refractivity contribution >= 4 is 41.4 Å². The zero-order valence-electron chi connectivity index (χ0n) is 17.9. The van der Waals surface area contributed by atoms with E-state index in [-0.39, 0.29) is 12.2 Å². The standard InChI is InChI=1S/C20H28N4O8S/c1-33-7-6-13(21)18(29)22-10-16(26)23-14(8-11-2-4-12(25)5-3-11)19(30)24-15(20(31)32)9-17(27)28/h2-5,13-15,25H,6-10,21H2,1H3,(H,22,29)(H,23,26)(H,24,30)(H,27,28)(H,31,32). The van der Waals surface area contributed by atoms with Crippen molar-refractivity contribution in [2.75, 3.05) is 18.6 Å². The van der Waals surface area contributed by atoms with Crippen LogP contribution in [0.3, 0.4) is 0 Å². The van der Waals surface area contributed by atoms with Gasteiger partial charge in [-0.2, -0.15) is 11.8 Å². The highest BCUT2D eigenvalue weighted by atomic mass is 32.2. The van der Waals surface area contributed by atoms with Crippen molar-refractivity contribution in [3.8, 4) is 5.75 Å². The molecule has 0 aliphatic carbocycles. The number of thioether (sulfide) groups is 1. The highest BCUT2D eigenvalue weighted by molar-refractivity contribution is 7.98. The van der Waals surface area contributed by atoms with E-state index in [4.69, 9.17) is 15.9 Å². The van der Waals surface area contributed by atoms with Gasteiger partial charge in [0.25, 0.3) is 0 Å². The predicted molar refractivity (Wildman–Crippen MR) is 120 cm³/mol. The first kappa shape index (κ1) is 27.7. The third-order valence-electron chi connectivity index (χ3n) is 4.41. The molecule has 33 heavy (non-hydrogen) atoms. The van der Waals surface area contributed by atoms with Crippen molar-refractivity contribution in [3.05, 3.63) is 29.8 Å². The highest BCUT2D eigenvalue weighted by Crippen LogP contribution is 2.12.